The Morgan fingerprint density at radius 2 is 1.37 bits per heavy atom. The van der Waals surface area contributed by atoms with Gasteiger partial charge in [-0.3, -0.25) is 14.6 Å². The van der Waals surface area contributed by atoms with Crippen molar-refractivity contribution in [3.8, 4) is 10.4 Å². The normalized spacial score (nSPS) is 14.9. The number of nitrogens with zero attached hydrogens (tertiary/aromatic N) is 2. The number of hydrogen-bond acceptors (Lipinski definition) is 5. The molecule has 3 aromatic carbocycles. The van der Waals surface area contributed by atoms with Crippen LogP contribution in [0.5, 0.6) is 0 Å². The SMILES string of the molecule is CC(C)(C)c1ccc(N(c2ccccc2)c2ccc3c(c2)C(C)(C)c2cc(C=C4C(=O)c5ccccc5C4=O)sc2-3)cn1. The van der Waals surface area contributed by atoms with E-state index in [1.807, 2.05) is 12.3 Å². The Bertz CT molecular complexity index is 1920. The predicted octanol–water partition coefficient (Wildman–Crippen LogP) is 9.68. The molecule has 0 bridgehead atoms. The van der Waals surface area contributed by atoms with Crippen LogP contribution in [0.15, 0.2) is 103 Å². The Balaban J connectivity index is 1.28. The molecule has 212 valence electrons. The van der Waals surface area contributed by atoms with Gasteiger partial charge in [-0.1, -0.05) is 83.1 Å². The van der Waals surface area contributed by atoms with Crippen LogP contribution in [-0.2, 0) is 10.8 Å². The molecule has 0 saturated carbocycles. The minimum atomic E-state index is -0.253. The van der Waals surface area contributed by atoms with Crippen molar-refractivity contribution in [2.24, 2.45) is 0 Å². The third-order valence-electron chi connectivity index (χ3n) is 8.58. The number of para-hydroxylation sites is 1. The first-order valence-corrected chi connectivity index (χ1v) is 15.4. The molecule has 0 amide bonds. The second-order valence-corrected chi connectivity index (χ2v) is 13.9. The van der Waals surface area contributed by atoms with Crippen LogP contribution in [0.4, 0.5) is 17.1 Å². The highest BCUT2D eigenvalue weighted by Crippen LogP contribution is 2.54. The summed E-state index contributed by atoms with van der Waals surface area (Å²) in [5.41, 5.74) is 8.82. The number of benzene rings is 3. The van der Waals surface area contributed by atoms with E-state index in [9.17, 15) is 9.59 Å². The highest BCUT2D eigenvalue weighted by atomic mass is 32.1. The molecule has 0 N–H and O–H groups in total. The Hall–Kier alpha value is -4.61. The van der Waals surface area contributed by atoms with Gasteiger partial charge in [0.05, 0.1) is 17.5 Å². The largest absolute Gasteiger partial charge is 0.309 e. The number of allylic oxidation sites excluding steroid dienone is 1. The van der Waals surface area contributed by atoms with Crippen molar-refractivity contribution in [3.63, 3.8) is 0 Å². The fraction of sp³-hybridized carbons (Fsp3) is 0.184. The quantitative estimate of drug-likeness (QED) is 0.157. The Kier molecular flexibility index (Phi) is 6.15. The van der Waals surface area contributed by atoms with Gasteiger partial charge in [-0.2, -0.15) is 0 Å². The molecule has 2 aliphatic rings. The summed E-state index contributed by atoms with van der Waals surface area (Å²) in [7, 11) is 0. The Morgan fingerprint density at radius 1 is 0.721 bits per heavy atom. The fourth-order valence-electron chi connectivity index (χ4n) is 6.21. The predicted molar refractivity (Wildman–Crippen MR) is 176 cm³/mol. The van der Waals surface area contributed by atoms with Crippen molar-refractivity contribution in [2.45, 2.75) is 45.4 Å². The van der Waals surface area contributed by atoms with E-state index < -0.39 is 0 Å². The second kappa shape index (κ2) is 9.72. The minimum Gasteiger partial charge on any atom is -0.309 e. The number of pyridine rings is 1. The maximum Gasteiger partial charge on any atom is 0.197 e. The number of ketones is 2. The van der Waals surface area contributed by atoms with Gasteiger partial charge in [-0.05, 0) is 65.2 Å². The summed E-state index contributed by atoms with van der Waals surface area (Å²) in [5, 5.41) is 0. The van der Waals surface area contributed by atoms with Gasteiger partial charge >= 0.3 is 0 Å². The number of carbonyl (C=O) groups excluding carboxylic acids is 2. The number of rotatable bonds is 4. The summed E-state index contributed by atoms with van der Waals surface area (Å²) in [6.45, 7) is 11.0. The molecule has 0 atom stereocenters. The summed E-state index contributed by atoms with van der Waals surface area (Å²) in [5.74, 6) is -0.381. The maximum absolute atomic E-state index is 13.0. The molecule has 0 radical (unpaired) electrons. The second-order valence-electron chi connectivity index (χ2n) is 12.8. The maximum atomic E-state index is 13.0. The van der Waals surface area contributed by atoms with E-state index in [1.54, 1.807) is 41.7 Å². The van der Waals surface area contributed by atoms with Crippen molar-refractivity contribution in [3.05, 3.63) is 136 Å². The van der Waals surface area contributed by atoms with Gasteiger partial charge in [0.1, 0.15) is 0 Å². The minimum absolute atomic E-state index is 0.0256. The van der Waals surface area contributed by atoms with E-state index >= 15 is 0 Å². The molecule has 0 saturated heterocycles. The number of thiophene rings is 1. The third kappa shape index (κ3) is 4.38. The molecule has 0 fully saturated rings. The number of carbonyl (C=O) groups is 2. The van der Waals surface area contributed by atoms with Crippen molar-refractivity contribution in [2.75, 3.05) is 4.90 Å². The summed E-state index contributed by atoms with van der Waals surface area (Å²) < 4.78 is 0. The molecular formula is C38H32N2O2S. The molecule has 5 aromatic rings. The van der Waals surface area contributed by atoms with Crippen molar-refractivity contribution < 1.29 is 9.59 Å². The number of hydrogen-bond donors (Lipinski definition) is 0. The van der Waals surface area contributed by atoms with Gasteiger partial charge in [-0.25, -0.2) is 0 Å². The number of fused-ring (bicyclic) bond motifs is 4. The first-order chi connectivity index (χ1) is 20.5. The van der Waals surface area contributed by atoms with E-state index in [4.69, 9.17) is 4.98 Å². The number of anilines is 3. The van der Waals surface area contributed by atoms with Crippen LogP contribution in [0.25, 0.3) is 16.5 Å². The van der Waals surface area contributed by atoms with E-state index in [-0.39, 0.29) is 28.0 Å². The summed E-state index contributed by atoms with van der Waals surface area (Å²) in [6.07, 6.45) is 3.75. The van der Waals surface area contributed by atoms with E-state index in [0.29, 0.717) is 11.1 Å². The smallest absolute Gasteiger partial charge is 0.197 e. The van der Waals surface area contributed by atoms with Crippen LogP contribution in [0.3, 0.4) is 0 Å². The molecule has 4 nitrogen and oxygen atoms in total. The average Bonchev–Trinajstić information content (AvgIpc) is 3.59. The molecule has 2 heterocycles. The molecule has 2 aromatic heterocycles. The van der Waals surface area contributed by atoms with E-state index in [1.165, 1.54) is 21.6 Å². The van der Waals surface area contributed by atoms with Crippen molar-refractivity contribution >= 4 is 46.0 Å². The summed E-state index contributed by atoms with van der Waals surface area (Å²) in [6, 6.07) is 30.6. The van der Waals surface area contributed by atoms with Crippen LogP contribution >= 0.6 is 11.3 Å². The lowest BCUT2D eigenvalue weighted by Gasteiger charge is -2.28. The topological polar surface area (TPSA) is 50.3 Å². The summed E-state index contributed by atoms with van der Waals surface area (Å²) in [4.78, 5) is 35.2. The Morgan fingerprint density at radius 3 is 2.00 bits per heavy atom. The molecule has 43 heavy (non-hydrogen) atoms. The molecule has 0 spiro atoms. The molecular weight excluding hydrogens is 548 g/mol. The van der Waals surface area contributed by atoms with E-state index in [2.05, 4.69) is 100 Å². The van der Waals surface area contributed by atoms with Crippen LogP contribution in [0.1, 0.15) is 77.0 Å². The molecule has 5 heteroatoms. The van der Waals surface area contributed by atoms with Gasteiger partial charge in [0.25, 0.3) is 0 Å². The zero-order valence-corrected chi connectivity index (χ0v) is 25.8. The van der Waals surface area contributed by atoms with Crippen LogP contribution < -0.4 is 4.90 Å². The lowest BCUT2D eigenvalue weighted by molar-refractivity contribution is 0.0990. The highest BCUT2D eigenvalue weighted by molar-refractivity contribution is 7.16. The third-order valence-corrected chi connectivity index (χ3v) is 9.70. The first-order valence-electron chi connectivity index (χ1n) is 14.5. The van der Waals surface area contributed by atoms with Crippen LogP contribution in [0, 0.1) is 0 Å². The van der Waals surface area contributed by atoms with Gasteiger partial charge in [0, 0.05) is 48.8 Å². The monoisotopic (exact) mass is 580 g/mol. The van der Waals surface area contributed by atoms with Crippen molar-refractivity contribution in [1.82, 2.24) is 4.98 Å². The molecule has 0 aliphatic heterocycles. The van der Waals surface area contributed by atoms with Gasteiger partial charge in [0.2, 0.25) is 0 Å². The molecule has 0 unspecified atom stereocenters. The highest BCUT2D eigenvalue weighted by Gasteiger charge is 2.39. The van der Waals surface area contributed by atoms with Gasteiger partial charge in [0.15, 0.2) is 11.6 Å². The molecule has 7 rings (SSSR count). The van der Waals surface area contributed by atoms with Gasteiger partial charge < -0.3 is 4.90 Å². The summed E-state index contributed by atoms with van der Waals surface area (Å²) >= 11 is 1.64. The zero-order chi connectivity index (χ0) is 30.1. The van der Waals surface area contributed by atoms with Crippen LogP contribution in [-0.4, -0.2) is 16.6 Å². The Labute approximate surface area is 256 Å². The van der Waals surface area contributed by atoms with Gasteiger partial charge in [-0.15, -0.1) is 11.3 Å². The molecule has 2 aliphatic carbocycles. The first kappa shape index (κ1) is 27.2. The zero-order valence-electron chi connectivity index (χ0n) is 24.9. The van der Waals surface area contributed by atoms with Crippen molar-refractivity contribution in [1.29, 1.82) is 0 Å². The number of aromatic nitrogens is 1. The van der Waals surface area contributed by atoms with Crippen LogP contribution in [0.2, 0.25) is 0 Å². The average molecular weight is 581 g/mol. The number of Topliss-reactive ketones (excluding diaryl/α,β-unsaturated/α-hetero) is 2. The fourth-order valence-corrected chi connectivity index (χ4v) is 7.51. The van der Waals surface area contributed by atoms with E-state index in [0.717, 1.165) is 27.6 Å². The lowest BCUT2D eigenvalue weighted by atomic mass is 9.82. The standard InChI is InChI=1S/C38H32N2O2S/c1-37(2,3)33-18-16-25(22-39-33)40(23-11-7-6-8-12-23)24-15-17-29-31(19-24)38(4,5)32-21-26(43-36(29)32)20-30-34(41)27-13-9-10-14-28(27)35(30)42/h6-22H,1-5H3. The lowest BCUT2D eigenvalue weighted by Crippen LogP contribution is -2.17.